The van der Waals surface area contributed by atoms with Gasteiger partial charge in [0.2, 0.25) is 5.91 Å². The number of carbonyl (C=O) groups is 1. The zero-order valence-corrected chi connectivity index (χ0v) is 18.3. The van der Waals surface area contributed by atoms with Crippen molar-refractivity contribution in [3.63, 3.8) is 0 Å². The van der Waals surface area contributed by atoms with Crippen LogP contribution in [0.15, 0.2) is 48.8 Å². The fourth-order valence-corrected chi connectivity index (χ4v) is 4.32. The van der Waals surface area contributed by atoms with E-state index in [0.717, 1.165) is 30.8 Å². The van der Waals surface area contributed by atoms with Gasteiger partial charge in [0.05, 0.1) is 36.6 Å². The highest BCUT2D eigenvalue weighted by molar-refractivity contribution is 5.84. The third-order valence-electron chi connectivity index (χ3n) is 5.96. The number of fused-ring (bicyclic) bond motifs is 1. The van der Waals surface area contributed by atoms with Crippen LogP contribution in [-0.2, 0) is 9.53 Å². The minimum atomic E-state index is -0.960. The Balaban J connectivity index is 1.57. The van der Waals surface area contributed by atoms with Gasteiger partial charge in [0.15, 0.2) is 11.6 Å². The van der Waals surface area contributed by atoms with Gasteiger partial charge >= 0.3 is 0 Å². The second kappa shape index (κ2) is 9.75. The van der Waals surface area contributed by atoms with Crippen molar-refractivity contribution < 1.29 is 18.3 Å². The average molecular weight is 443 g/mol. The third kappa shape index (κ3) is 4.66. The van der Waals surface area contributed by atoms with Crippen LogP contribution in [0.5, 0.6) is 0 Å². The number of carbonyl (C=O) groups excluding carboxylic acids is 1. The number of halogens is 2. The number of hydrogen-bond donors (Lipinski definition) is 1. The zero-order valence-electron chi connectivity index (χ0n) is 18.3. The first-order valence-corrected chi connectivity index (χ1v) is 10.9. The van der Waals surface area contributed by atoms with Crippen LogP contribution in [0.1, 0.15) is 31.5 Å². The number of aromatic nitrogens is 2. The van der Waals surface area contributed by atoms with Gasteiger partial charge in [0.1, 0.15) is 6.04 Å². The summed E-state index contributed by atoms with van der Waals surface area (Å²) in [5.74, 6) is -2.18. The summed E-state index contributed by atoms with van der Waals surface area (Å²) in [6.45, 7) is 7.19. The number of nitrogens with zero attached hydrogens (tertiary/aromatic N) is 3. The molecule has 1 fully saturated rings. The Morgan fingerprint density at radius 1 is 1.12 bits per heavy atom. The Kier molecular flexibility index (Phi) is 6.81. The van der Waals surface area contributed by atoms with E-state index in [-0.39, 0.29) is 17.9 Å². The van der Waals surface area contributed by atoms with Gasteiger partial charge in [-0.2, -0.15) is 0 Å². The van der Waals surface area contributed by atoms with E-state index in [4.69, 9.17) is 4.74 Å². The lowest BCUT2D eigenvalue weighted by Gasteiger charge is -2.35. The Morgan fingerprint density at radius 2 is 1.81 bits per heavy atom. The largest absolute Gasteiger partial charge is 0.379 e. The van der Waals surface area contributed by atoms with Gasteiger partial charge in [-0.1, -0.05) is 44.2 Å². The predicted octanol–water partition coefficient (Wildman–Crippen LogP) is 3.70. The summed E-state index contributed by atoms with van der Waals surface area (Å²) in [6.07, 6.45) is 1.48. The second-order valence-corrected chi connectivity index (χ2v) is 8.42. The van der Waals surface area contributed by atoms with Crippen molar-refractivity contribution in [2.24, 2.45) is 5.92 Å². The molecule has 0 aliphatic carbocycles. The van der Waals surface area contributed by atoms with Crippen LogP contribution in [0.4, 0.5) is 8.78 Å². The summed E-state index contributed by atoms with van der Waals surface area (Å²) in [5, 5.41) is 3.10. The van der Waals surface area contributed by atoms with E-state index in [1.807, 2.05) is 32.0 Å². The van der Waals surface area contributed by atoms with Crippen LogP contribution in [0.25, 0.3) is 11.0 Å². The van der Waals surface area contributed by atoms with Crippen LogP contribution in [0.3, 0.4) is 0 Å². The maximum atomic E-state index is 13.9. The van der Waals surface area contributed by atoms with E-state index in [9.17, 15) is 13.6 Å². The van der Waals surface area contributed by atoms with Crippen molar-refractivity contribution in [2.45, 2.75) is 25.9 Å². The molecule has 8 heteroatoms. The molecule has 0 saturated carbocycles. The van der Waals surface area contributed by atoms with Crippen molar-refractivity contribution in [1.29, 1.82) is 0 Å². The van der Waals surface area contributed by atoms with Crippen LogP contribution in [0.2, 0.25) is 0 Å². The van der Waals surface area contributed by atoms with E-state index in [2.05, 4.69) is 27.3 Å². The molecule has 2 unspecified atom stereocenters. The summed E-state index contributed by atoms with van der Waals surface area (Å²) in [7, 11) is 0. The lowest BCUT2D eigenvalue weighted by molar-refractivity contribution is -0.125. The smallest absolute Gasteiger partial charge is 0.243 e. The molecular formula is C24H28F2N4O2. The maximum Gasteiger partial charge on any atom is 0.243 e. The summed E-state index contributed by atoms with van der Waals surface area (Å²) in [6, 6.07) is 11.6. The first kappa shape index (κ1) is 22.4. The third-order valence-corrected chi connectivity index (χ3v) is 5.96. The van der Waals surface area contributed by atoms with Gasteiger partial charge in [-0.15, -0.1) is 0 Å². The molecule has 3 aromatic rings. The van der Waals surface area contributed by atoms with Gasteiger partial charge < -0.3 is 14.6 Å². The maximum absolute atomic E-state index is 13.9. The first-order chi connectivity index (χ1) is 15.5. The van der Waals surface area contributed by atoms with Crippen LogP contribution in [0, 0.1) is 17.6 Å². The fourth-order valence-electron chi connectivity index (χ4n) is 4.32. The monoisotopic (exact) mass is 442 g/mol. The van der Waals surface area contributed by atoms with Gasteiger partial charge in [0.25, 0.3) is 0 Å². The van der Waals surface area contributed by atoms with Gasteiger partial charge in [-0.25, -0.2) is 13.8 Å². The molecule has 170 valence electrons. The van der Waals surface area contributed by atoms with E-state index in [0.29, 0.717) is 30.8 Å². The molecule has 6 nitrogen and oxygen atoms in total. The predicted molar refractivity (Wildman–Crippen MR) is 118 cm³/mol. The SMILES string of the molecule is CC(C)C(C(=O)NCC(c1ccccc1)N1CCOCC1)n1cnc2cc(F)c(F)cc21. The number of amides is 1. The molecule has 0 spiro atoms. The highest BCUT2D eigenvalue weighted by atomic mass is 19.2. The highest BCUT2D eigenvalue weighted by Crippen LogP contribution is 2.26. The Morgan fingerprint density at radius 3 is 2.50 bits per heavy atom. The molecule has 1 saturated heterocycles. The molecule has 1 aliphatic heterocycles. The number of imidazole rings is 1. The number of hydrogen-bond acceptors (Lipinski definition) is 4. The lowest BCUT2D eigenvalue weighted by Crippen LogP contribution is -2.45. The zero-order chi connectivity index (χ0) is 22.7. The molecular weight excluding hydrogens is 414 g/mol. The molecule has 1 N–H and O–H groups in total. The van der Waals surface area contributed by atoms with E-state index < -0.39 is 17.7 Å². The highest BCUT2D eigenvalue weighted by Gasteiger charge is 2.28. The molecule has 2 heterocycles. The molecule has 1 aliphatic rings. The minimum absolute atomic E-state index is 0.0166. The van der Waals surface area contributed by atoms with Crippen molar-refractivity contribution in [3.8, 4) is 0 Å². The molecule has 1 amide bonds. The number of benzene rings is 2. The van der Waals surface area contributed by atoms with E-state index in [1.165, 1.54) is 6.33 Å². The molecule has 2 aromatic carbocycles. The van der Waals surface area contributed by atoms with E-state index >= 15 is 0 Å². The summed E-state index contributed by atoms with van der Waals surface area (Å²) in [5.41, 5.74) is 1.84. The number of morpholine rings is 1. The van der Waals surface area contributed by atoms with Gasteiger partial charge in [-0.3, -0.25) is 9.69 Å². The molecule has 1 aromatic heterocycles. The van der Waals surface area contributed by atoms with Gasteiger partial charge in [-0.05, 0) is 11.5 Å². The standard InChI is InChI=1S/C24H28F2N4O2/c1-16(2)23(30-15-28-20-12-18(25)19(26)13-21(20)30)24(31)27-14-22(17-6-4-3-5-7-17)29-8-10-32-11-9-29/h3-7,12-13,15-16,22-23H,8-11,14H2,1-2H3,(H,27,31). The average Bonchev–Trinajstić information content (AvgIpc) is 3.17. The van der Waals surface area contributed by atoms with Crippen LogP contribution >= 0.6 is 0 Å². The van der Waals surface area contributed by atoms with E-state index in [1.54, 1.807) is 4.57 Å². The number of ether oxygens (including phenoxy) is 1. The van der Waals surface area contributed by atoms with Gasteiger partial charge in [0, 0.05) is 31.8 Å². The van der Waals surface area contributed by atoms with Crippen LogP contribution < -0.4 is 5.32 Å². The number of nitrogens with one attached hydrogen (secondary N) is 1. The fraction of sp³-hybridized carbons (Fsp3) is 0.417. The quantitative estimate of drug-likeness (QED) is 0.606. The lowest BCUT2D eigenvalue weighted by atomic mass is 10.0. The molecule has 0 bridgehead atoms. The topological polar surface area (TPSA) is 59.4 Å². The van der Waals surface area contributed by atoms with Crippen molar-refractivity contribution >= 4 is 16.9 Å². The Bertz CT molecular complexity index is 1060. The summed E-state index contributed by atoms with van der Waals surface area (Å²) in [4.78, 5) is 19.8. The first-order valence-electron chi connectivity index (χ1n) is 10.9. The Labute approximate surface area is 186 Å². The molecule has 32 heavy (non-hydrogen) atoms. The minimum Gasteiger partial charge on any atom is -0.379 e. The molecule has 4 rings (SSSR count). The Hall–Kier alpha value is -2.84. The second-order valence-electron chi connectivity index (χ2n) is 8.42. The molecule has 0 radical (unpaired) electrons. The van der Waals surface area contributed by atoms with Crippen molar-refractivity contribution in [1.82, 2.24) is 19.8 Å². The van der Waals surface area contributed by atoms with Crippen LogP contribution in [-0.4, -0.2) is 53.2 Å². The number of rotatable bonds is 7. The van der Waals surface area contributed by atoms with Crippen molar-refractivity contribution in [3.05, 3.63) is 66.0 Å². The summed E-state index contributed by atoms with van der Waals surface area (Å²) < 4.78 is 34.6. The molecule has 2 atom stereocenters. The van der Waals surface area contributed by atoms with Crippen molar-refractivity contribution in [2.75, 3.05) is 32.8 Å². The summed E-state index contributed by atoms with van der Waals surface area (Å²) >= 11 is 0. The normalized spacial score (nSPS) is 16.9.